The molecule has 0 saturated carbocycles. The maximum absolute atomic E-state index is 4.66. The fourth-order valence-electron chi connectivity index (χ4n) is 2.90. The summed E-state index contributed by atoms with van der Waals surface area (Å²) in [4.78, 5) is 9.29. The molecule has 1 aromatic carbocycles. The van der Waals surface area contributed by atoms with Crippen molar-refractivity contribution in [3.63, 3.8) is 0 Å². The smallest absolute Gasteiger partial charge is 0.126 e. The summed E-state index contributed by atoms with van der Waals surface area (Å²) in [5, 5.41) is 3.46. The minimum absolute atomic E-state index is 0.521. The molecular formula is C17H21N3. The van der Waals surface area contributed by atoms with E-state index in [0.29, 0.717) is 5.92 Å². The molecular weight excluding hydrogens is 246 g/mol. The second-order valence-electron chi connectivity index (χ2n) is 5.58. The van der Waals surface area contributed by atoms with Gasteiger partial charge < -0.3 is 5.32 Å². The first kappa shape index (κ1) is 13.3. The van der Waals surface area contributed by atoms with E-state index in [1.54, 1.807) is 0 Å². The Morgan fingerprint density at radius 1 is 1.15 bits per heavy atom. The molecule has 3 heteroatoms. The van der Waals surface area contributed by atoms with Crippen molar-refractivity contribution < 1.29 is 0 Å². The molecule has 20 heavy (non-hydrogen) atoms. The molecule has 1 aromatic heterocycles. The first-order valence-corrected chi connectivity index (χ1v) is 7.36. The van der Waals surface area contributed by atoms with E-state index in [4.69, 9.17) is 0 Å². The van der Waals surface area contributed by atoms with Crippen LogP contribution < -0.4 is 5.32 Å². The molecule has 3 nitrogen and oxygen atoms in total. The monoisotopic (exact) mass is 267 g/mol. The van der Waals surface area contributed by atoms with Crippen LogP contribution in [0.4, 0.5) is 0 Å². The molecule has 0 spiro atoms. The summed E-state index contributed by atoms with van der Waals surface area (Å²) in [6.07, 6.45) is 2.45. The average Bonchev–Trinajstić information content (AvgIpc) is 2.48. The van der Waals surface area contributed by atoms with Crippen molar-refractivity contribution in [2.45, 2.75) is 32.6 Å². The number of rotatable bonds is 2. The van der Waals surface area contributed by atoms with Crippen LogP contribution in [-0.2, 0) is 0 Å². The van der Waals surface area contributed by atoms with Gasteiger partial charge in [0.1, 0.15) is 5.82 Å². The zero-order valence-corrected chi connectivity index (χ0v) is 12.2. The van der Waals surface area contributed by atoms with Gasteiger partial charge in [0.2, 0.25) is 0 Å². The van der Waals surface area contributed by atoms with E-state index < -0.39 is 0 Å². The molecule has 1 fully saturated rings. The minimum atomic E-state index is 0.521. The third kappa shape index (κ3) is 2.73. The number of aromatic nitrogens is 2. The Morgan fingerprint density at radius 3 is 2.75 bits per heavy atom. The van der Waals surface area contributed by atoms with Gasteiger partial charge in [-0.05, 0) is 44.9 Å². The summed E-state index contributed by atoms with van der Waals surface area (Å²) in [7, 11) is 0. The molecule has 1 N–H and O–H groups in total. The molecule has 0 aliphatic carbocycles. The van der Waals surface area contributed by atoms with Crippen LogP contribution >= 0.6 is 0 Å². The summed E-state index contributed by atoms with van der Waals surface area (Å²) in [5.41, 5.74) is 4.71. The number of aryl methyl sites for hydroxylation is 2. The van der Waals surface area contributed by atoms with E-state index in [0.717, 1.165) is 24.6 Å². The highest BCUT2D eigenvalue weighted by Gasteiger charge is 2.18. The molecule has 1 aliphatic rings. The lowest BCUT2D eigenvalue weighted by atomic mass is 9.94. The number of hydrogen-bond donors (Lipinski definition) is 1. The van der Waals surface area contributed by atoms with Crippen molar-refractivity contribution in [2.75, 3.05) is 13.1 Å². The Hall–Kier alpha value is -1.74. The SMILES string of the molecule is Cc1nc(-c2ccccc2C)cc([C@@H]2CCCNC2)n1. The van der Waals surface area contributed by atoms with Gasteiger partial charge in [-0.25, -0.2) is 9.97 Å². The second-order valence-corrected chi connectivity index (χ2v) is 5.58. The standard InChI is InChI=1S/C17H21N3/c1-12-6-3-4-8-15(12)17-10-16(19-13(2)20-17)14-7-5-9-18-11-14/h3-4,6,8,10,14,18H,5,7,9,11H2,1-2H3/t14-/m1/s1. The Bertz CT molecular complexity index is 601. The van der Waals surface area contributed by atoms with Crippen LogP contribution in [0.3, 0.4) is 0 Å². The van der Waals surface area contributed by atoms with Crippen molar-refractivity contribution >= 4 is 0 Å². The Morgan fingerprint density at radius 2 is 2.00 bits per heavy atom. The van der Waals surface area contributed by atoms with Gasteiger partial charge in [0.05, 0.1) is 5.69 Å². The number of piperidine rings is 1. The number of benzene rings is 1. The topological polar surface area (TPSA) is 37.8 Å². The first-order chi connectivity index (χ1) is 9.74. The summed E-state index contributed by atoms with van der Waals surface area (Å²) < 4.78 is 0. The Labute approximate surface area is 120 Å². The molecule has 2 heterocycles. The van der Waals surface area contributed by atoms with Gasteiger partial charge in [0.15, 0.2) is 0 Å². The molecule has 1 aliphatic heterocycles. The molecule has 0 radical (unpaired) electrons. The quantitative estimate of drug-likeness (QED) is 0.907. The Kier molecular flexibility index (Phi) is 3.79. The van der Waals surface area contributed by atoms with Crippen molar-refractivity contribution in [1.29, 1.82) is 0 Å². The summed E-state index contributed by atoms with van der Waals surface area (Å²) in [6.45, 7) is 6.28. The zero-order chi connectivity index (χ0) is 13.9. The summed E-state index contributed by atoms with van der Waals surface area (Å²) in [5.74, 6) is 1.39. The second kappa shape index (κ2) is 5.71. The van der Waals surface area contributed by atoms with Crippen LogP contribution in [-0.4, -0.2) is 23.1 Å². The molecule has 104 valence electrons. The number of nitrogens with zero attached hydrogens (tertiary/aromatic N) is 2. The van der Waals surface area contributed by atoms with E-state index in [9.17, 15) is 0 Å². The Balaban J connectivity index is 2.00. The van der Waals surface area contributed by atoms with Crippen LogP contribution in [0.1, 0.15) is 35.8 Å². The highest BCUT2D eigenvalue weighted by atomic mass is 14.9. The zero-order valence-electron chi connectivity index (χ0n) is 12.2. The lowest BCUT2D eigenvalue weighted by Crippen LogP contribution is -2.29. The third-order valence-corrected chi connectivity index (χ3v) is 3.99. The minimum Gasteiger partial charge on any atom is -0.316 e. The first-order valence-electron chi connectivity index (χ1n) is 7.36. The van der Waals surface area contributed by atoms with Gasteiger partial charge in [0, 0.05) is 23.7 Å². The molecule has 0 amide bonds. The largest absolute Gasteiger partial charge is 0.316 e. The lowest BCUT2D eigenvalue weighted by molar-refractivity contribution is 0.453. The van der Waals surface area contributed by atoms with Crippen LogP contribution in [0.5, 0.6) is 0 Å². The van der Waals surface area contributed by atoms with Crippen LogP contribution in [0.15, 0.2) is 30.3 Å². The van der Waals surface area contributed by atoms with Crippen LogP contribution in [0.2, 0.25) is 0 Å². The molecule has 3 rings (SSSR count). The predicted octanol–water partition coefficient (Wildman–Crippen LogP) is 3.23. The fraction of sp³-hybridized carbons (Fsp3) is 0.412. The third-order valence-electron chi connectivity index (χ3n) is 3.99. The van der Waals surface area contributed by atoms with Crippen molar-refractivity contribution in [2.24, 2.45) is 0 Å². The lowest BCUT2D eigenvalue weighted by Gasteiger charge is -2.23. The molecule has 0 bridgehead atoms. The summed E-state index contributed by atoms with van der Waals surface area (Å²) >= 11 is 0. The van der Waals surface area contributed by atoms with E-state index in [1.165, 1.54) is 29.7 Å². The van der Waals surface area contributed by atoms with Crippen molar-refractivity contribution in [3.05, 3.63) is 47.4 Å². The summed E-state index contributed by atoms with van der Waals surface area (Å²) in [6, 6.07) is 10.6. The van der Waals surface area contributed by atoms with Crippen LogP contribution in [0.25, 0.3) is 11.3 Å². The molecule has 2 aromatic rings. The van der Waals surface area contributed by atoms with Crippen LogP contribution in [0, 0.1) is 13.8 Å². The van der Waals surface area contributed by atoms with E-state index >= 15 is 0 Å². The van der Waals surface area contributed by atoms with Crippen molar-refractivity contribution in [1.82, 2.24) is 15.3 Å². The maximum Gasteiger partial charge on any atom is 0.126 e. The average molecular weight is 267 g/mol. The maximum atomic E-state index is 4.66. The number of hydrogen-bond acceptors (Lipinski definition) is 3. The van der Waals surface area contributed by atoms with E-state index in [-0.39, 0.29) is 0 Å². The van der Waals surface area contributed by atoms with Gasteiger partial charge in [0.25, 0.3) is 0 Å². The number of nitrogens with one attached hydrogen (secondary N) is 1. The predicted molar refractivity (Wildman–Crippen MR) is 81.8 cm³/mol. The highest BCUT2D eigenvalue weighted by Crippen LogP contribution is 2.27. The van der Waals surface area contributed by atoms with Crippen molar-refractivity contribution in [3.8, 4) is 11.3 Å². The van der Waals surface area contributed by atoms with Gasteiger partial charge in [-0.15, -0.1) is 0 Å². The highest BCUT2D eigenvalue weighted by molar-refractivity contribution is 5.63. The molecule has 1 atom stereocenters. The van der Waals surface area contributed by atoms with E-state index in [2.05, 4.69) is 52.5 Å². The van der Waals surface area contributed by atoms with Gasteiger partial charge >= 0.3 is 0 Å². The van der Waals surface area contributed by atoms with Gasteiger partial charge in [-0.3, -0.25) is 0 Å². The fourth-order valence-corrected chi connectivity index (χ4v) is 2.90. The normalized spacial score (nSPS) is 19.0. The molecule has 1 saturated heterocycles. The van der Waals surface area contributed by atoms with E-state index in [1.807, 2.05) is 6.92 Å². The van der Waals surface area contributed by atoms with Gasteiger partial charge in [-0.1, -0.05) is 24.3 Å². The molecule has 0 unspecified atom stereocenters. The van der Waals surface area contributed by atoms with Gasteiger partial charge in [-0.2, -0.15) is 0 Å².